The third-order valence-electron chi connectivity index (χ3n) is 3.51. The summed E-state index contributed by atoms with van der Waals surface area (Å²) in [5.41, 5.74) is -6.02. The molecular weight excluding hydrogens is 747 g/mol. The highest BCUT2D eigenvalue weighted by Crippen LogP contribution is 2.63. The lowest BCUT2D eigenvalue weighted by Crippen LogP contribution is -2.60. The molecule has 0 spiro atoms. The van der Waals surface area contributed by atoms with Gasteiger partial charge in [0.05, 0.1) is 0 Å². The van der Waals surface area contributed by atoms with Gasteiger partial charge in [-0.15, -0.1) is 13.2 Å². The van der Waals surface area contributed by atoms with Crippen molar-refractivity contribution in [3.05, 3.63) is 0 Å². The summed E-state index contributed by atoms with van der Waals surface area (Å²) in [7, 11) is -0.0588. The first-order valence-electron chi connectivity index (χ1n) is 9.71. The van der Waals surface area contributed by atoms with Crippen LogP contribution in [0.25, 0.3) is 0 Å². The zero-order valence-corrected chi connectivity index (χ0v) is 23.6. The molecule has 0 radical (unpaired) electrons. The third kappa shape index (κ3) is 13.6. The van der Waals surface area contributed by atoms with Gasteiger partial charge in [-0.05, 0) is 30.3 Å². The summed E-state index contributed by atoms with van der Waals surface area (Å²) in [6.07, 6.45) is -17.9. The zero-order chi connectivity index (χ0) is 34.6. The molecule has 0 rings (SSSR count). The molecule has 28 heteroatoms. The lowest BCUT2D eigenvalue weighted by Gasteiger charge is -2.44. The molecule has 0 aromatic carbocycles. The van der Waals surface area contributed by atoms with Crippen molar-refractivity contribution < 1.29 is 108 Å². The molecule has 0 aliphatic carbocycles. The first kappa shape index (κ1) is 42.9. The summed E-state index contributed by atoms with van der Waals surface area (Å²) >= 11 is -1.90. The van der Waals surface area contributed by atoms with E-state index in [2.05, 4.69) is 33.2 Å². The second kappa shape index (κ2) is 14.7. The number of halogens is 18. The summed E-state index contributed by atoms with van der Waals surface area (Å²) in [4.78, 5) is 0. The highest BCUT2D eigenvalue weighted by molar-refractivity contribution is 8.19. The maximum absolute atomic E-state index is 15.2. The van der Waals surface area contributed by atoms with Gasteiger partial charge in [0, 0.05) is 44.4 Å². The Morgan fingerprint density at radius 1 is 0.698 bits per heavy atom. The van der Waals surface area contributed by atoms with E-state index in [4.69, 9.17) is 11.6 Å². The number of hydrogen-bond donors (Lipinski definition) is 0. The summed E-state index contributed by atoms with van der Waals surface area (Å²) in [5.74, 6) is -5.51. The van der Waals surface area contributed by atoms with E-state index in [-0.39, 0.29) is 14.2 Å². The molecule has 7 nitrogen and oxygen atoms in total. The van der Waals surface area contributed by atoms with Crippen molar-refractivity contribution in [1.82, 2.24) is 0 Å². The summed E-state index contributed by atoms with van der Waals surface area (Å²) < 4.78 is 243. The highest BCUT2D eigenvalue weighted by atomic mass is 35.5. The number of hydrogen-bond acceptors (Lipinski definition) is 10. The lowest BCUT2D eigenvalue weighted by atomic mass is 10.5. The van der Waals surface area contributed by atoms with Gasteiger partial charge in [-0.25, -0.2) is 4.74 Å². The first-order valence-corrected chi connectivity index (χ1v) is 12.5. The Kier molecular flexibility index (Phi) is 14.7. The minimum absolute atomic E-state index is 0.134. The number of alkyl halides is 18. The minimum Gasteiger partial charge on any atom is -0.339 e. The van der Waals surface area contributed by atoms with E-state index >= 15 is 8.78 Å². The van der Waals surface area contributed by atoms with Crippen LogP contribution in [0.1, 0.15) is 6.92 Å². The van der Waals surface area contributed by atoms with Crippen LogP contribution < -0.4 is 0 Å². The van der Waals surface area contributed by atoms with Crippen molar-refractivity contribution in [3.8, 4) is 0 Å². The first-order chi connectivity index (χ1) is 18.8. The quantitative estimate of drug-likeness (QED) is 0.0775. The molecule has 0 aliphatic rings. The fourth-order valence-corrected chi connectivity index (χ4v) is 5.39. The molecule has 0 fully saturated rings. The van der Waals surface area contributed by atoms with Gasteiger partial charge in [-0.1, -0.05) is 0 Å². The molecule has 0 aromatic rings. The van der Waals surface area contributed by atoms with Crippen LogP contribution in [-0.2, 0) is 33.2 Å². The van der Waals surface area contributed by atoms with E-state index in [0.717, 1.165) is 0 Å². The van der Waals surface area contributed by atoms with E-state index < -0.39 is 105 Å². The van der Waals surface area contributed by atoms with Gasteiger partial charge < -0.3 is 18.9 Å². The Morgan fingerprint density at radius 3 is 1.56 bits per heavy atom. The molecule has 0 aliphatic heterocycles. The van der Waals surface area contributed by atoms with Crippen LogP contribution in [0.4, 0.5) is 74.6 Å². The van der Waals surface area contributed by atoms with Gasteiger partial charge in [0.2, 0.25) is 0 Å². The standard InChI is InChI=1S/C15H14ClF17O7S3/c1-4-36-10(8(21,22)23,38-6(17)18)39-12(16,40-13(26,27)28)42-11(35-3,37-5-7(19,20)34-2)9(24,25)41-15(32,33)43-14(29,30)31/h6H,4-5H2,1-3H3. The largest absolute Gasteiger partial charge is 0.526 e. The predicted octanol–water partition coefficient (Wildman–Crippen LogP) is 8.30. The van der Waals surface area contributed by atoms with Crippen molar-refractivity contribution in [2.75, 3.05) is 27.4 Å². The second-order valence-electron chi connectivity index (χ2n) is 6.62. The molecule has 0 aromatic heterocycles. The van der Waals surface area contributed by atoms with Crippen molar-refractivity contribution in [2.45, 2.75) is 63.2 Å². The smallest absolute Gasteiger partial charge is 0.339 e. The Hall–Kier alpha value is -0.130. The average Bonchev–Trinajstić information content (AvgIpc) is 2.71. The van der Waals surface area contributed by atoms with E-state index in [9.17, 15) is 65.9 Å². The number of ether oxygens (including phenoxy) is 7. The van der Waals surface area contributed by atoms with Crippen LogP contribution in [0.15, 0.2) is 0 Å². The Balaban J connectivity index is 7.36. The molecule has 0 heterocycles. The van der Waals surface area contributed by atoms with E-state index in [0.29, 0.717) is 6.92 Å². The van der Waals surface area contributed by atoms with Crippen LogP contribution in [0.3, 0.4) is 0 Å². The predicted molar refractivity (Wildman–Crippen MR) is 111 cm³/mol. The maximum atomic E-state index is 15.2. The third-order valence-corrected chi connectivity index (χ3v) is 6.98. The van der Waals surface area contributed by atoms with Gasteiger partial charge in [0.1, 0.15) is 6.61 Å². The van der Waals surface area contributed by atoms with Crippen molar-refractivity contribution in [2.24, 2.45) is 0 Å². The number of rotatable bonds is 18. The monoisotopic (exact) mass is 760 g/mol. The molecule has 260 valence electrons. The molecule has 0 bridgehead atoms. The normalized spacial score (nSPS) is 18.8. The van der Waals surface area contributed by atoms with Gasteiger partial charge in [-0.2, -0.15) is 61.5 Å². The Labute approximate surface area is 245 Å². The minimum atomic E-state index is -6.57. The van der Waals surface area contributed by atoms with Gasteiger partial charge in [0.15, 0.2) is 0 Å². The van der Waals surface area contributed by atoms with Crippen LogP contribution in [-0.4, -0.2) is 83.7 Å². The molecule has 43 heavy (non-hydrogen) atoms. The SMILES string of the molecule is CCOC(OC(F)F)(OC(Cl)(OC(F)(F)F)SC(OC)(OCC(F)(F)OC)C(F)(F)SC(F)(F)SC(F)(F)F)C(F)(F)F. The molecule has 0 saturated carbocycles. The summed E-state index contributed by atoms with van der Waals surface area (Å²) in [5, 5.41) is -11.2. The molecule has 0 N–H and O–H groups in total. The molecule has 0 saturated heterocycles. The van der Waals surface area contributed by atoms with Crippen LogP contribution in [0.5, 0.6) is 0 Å². The van der Waals surface area contributed by atoms with E-state index in [1.165, 1.54) is 0 Å². The maximum Gasteiger partial charge on any atom is 0.526 e. The fourth-order valence-electron chi connectivity index (χ4n) is 2.12. The lowest BCUT2D eigenvalue weighted by molar-refractivity contribution is -0.535. The fraction of sp³-hybridized carbons (Fsp3) is 1.00. The van der Waals surface area contributed by atoms with Crippen LogP contribution in [0.2, 0.25) is 0 Å². The number of thioether (sulfide) groups is 3. The Bertz CT molecular complexity index is 881. The molecule has 0 amide bonds. The van der Waals surface area contributed by atoms with Crippen molar-refractivity contribution in [3.63, 3.8) is 0 Å². The second-order valence-corrected chi connectivity index (χ2v) is 11.3. The van der Waals surface area contributed by atoms with Crippen LogP contribution >= 0.6 is 46.9 Å². The average molecular weight is 761 g/mol. The van der Waals surface area contributed by atoms with Crippen molar-refractivity contribution in [1.29, 1.82) is 0 Å². The summed E-state index contributed by atoms with van der Waals surface area (Å²) in [6, 6.07) is 0. The Morgan fingerprint density at radius 2 is 1.21 bits per heavy atom. The van der Waals surface area contributed by atoms with Gasteiger partial charge in [-0.3, -0.25) is 9.47 Å². The topological polar surface area (TPSA) is 64.6 Å². The number of methoxy groups -OCH3 is 2. The van der Waals surface area contributed by atoms with Gasteiger partial charge >= 0.3 is 56.3 Å². The van der Waals surface area contributed by atoms with Crippen molar-refractivity contribution >= 4 is 46.9 Å². The molecule has 3 unspecified atom stereocenters. The molecular formula is C15H14ClF17O7S3. The van der Waals surface area contributed by atoms with Gasteiger partial charge in [0.25, 0.3) is 0 Å². The van der Waals surface area contributed by atoms with E-state index in [1.54, 1.807) is 0 Å². The highest BCUT2D eigenvalue weighted by Gasteiger charge is 2.72. The van der Waals surface area contributed by atoms with E-state index in [1.807, 2.05) is 0 Å². The summed E-state index contributed by atoms with van der Waals surface area (Å²) in [6.45, 7) is -8.30. The zero-order valence-electron chi connectivity index (χ0n) is 20.4. The molecule has 3 atom stereocenters. The van der Waals surface area contributed by atoms with Crippen LogP contribution in [0, 0.1) is 0 Å².